The fraction of sp³-hybridized carbons (Fsp3) is 0.887. The van der Waals surface area contributed by atoms with Gasteiger partial charge in [0.1, 0.15) is 29.5 Å². The van der Waals surface area contributed by atoms with Crippen LogP contribution in [0.4, 0.5) is 49.5 Å². The maximum atomic E-state index is 14.0. The van der Waals surface area contributed by atoms with Crippen molar-refractivity contribution in [2.24, 2.45) is 38.9 Å². The molecule has 2 N–H and O–H groups in total. The third kappa shape index (κ3) is 30.2. The minimum Gasteiger partial charge on any atom is -0.465 e. The lowest BCUT2D eigenvalue weighted by Crippen LogP contribution is -2.63. The van der Waals surface area contributed by atoms with E-state index in [1.807, 2.05) is 125 Å². The van der Waals surface area contributed by atoms with Gasteiger partial charge in [-0.05, 0) is 197 Å². The van der Waals surface area contributed by atoms with Crippen LogP contribution in [0.5, 0.6) is 0 Å². The van der Waals surface area contributed by atoms with E-state index in [1.54, 1.807) is 42.4 Å². The Morgan fingerprint density at radius 2 is 0.827 bits per heavy atom. The number of nitrogens with one attached hydrogen (secondary N) is 1. The minimum atomic E-state index is -5.74. The smallest absolute Gasteiger partial charge is 0.465 e. The predicted octanol–water partition coefficient (Wildman–Crippen LogP) is 14.6. The second-order valence-electron chi connectivity index (χ2n) is 33.4. The van der Waals surface area contributed by atoms with Crippen molar-refractivity contribution in [1.82, 2.24) is 19.4 Å². The molecule has 0 aromatic rings. The van der Waals surface area contributed by atoms with E-state index in [0.717, 1.165) is 38.5 Å². The van der Waals surface area contributed by atoms with E-state index in [0.29, 0.717) is 72.2 Å². The van der Waals surface area contributed by atoms with Gasteiger partial charge in [-0.3, -0.25) is 24.0 Å². The Morgan fingerprint density at radius 1 is 0.490 bits per heavy atom. The predicted molar refractivity (Wildman–Crippen MR) is 371 cm³/mol. The Balaban J connectivity index is 0.00000128. The first kappa shape index (κ1) is 98.4. The Kier molecular flexibility index (Phi) is 35.5. The molecule has 5 atom stereocenters. The number of likely N-dealkylation sites (tertiary alicyclic amines) is 3. The van der Waals surface area contributed by atoms with Gasteiger partial charge in [0.05, 0.1) is 59.0 Å². The normalized spacial score (nSPS) is 21.2. The van der Waals surface area contributed by atoms with Crippen LogP contribution in [0.3, 0.4) is 0 Å². The molecular formula is C71H124F8N4O20S. The van der Waals surface area contributed by atoms with E-state index in [1.165, 1.54) is 32.4 Å². The van der Waals surface area contributed by atoms with Gasteiger partial charge in [-0.25, -0.2) is 22.8 Å². The summed E-state index contributed by atoms with van der Waals surface area (Å²) in [5.41, 5.74) is -14.6. The van der Waals surface area contributed by atoms with Crippen LogP contribution in [0.15, 0.2) is 0 Å². The number of sulfonamides is 1. The summed E-state index contributed by atoms with van der Waals surface area (Å²) in [4.78, 5) is 100. The molecule has 4 aliphatic rings. The topological polar surface area (TPSA) is 296 Å². The molecule has 0 aromatic carbocycles. The molecule has 0 spiro atoms. The summed E-state index contributed by atoms with van der Waals surface area (Å²) in [5, 5.41) is 9.18. The first-order valence-corrected chi connectivity index (χ1v) is 36.8. The first-order valence-electron chi connectivity index (χ1n) is 35.3. The van der Waals surface area contributed by atoms with Gasteiger partial charge in [0, 0.05) is 51.0 Å². The summed E-state index contributed by atoms with van der Waals surface area (Å²) in [7, 11) is -5.49. The van der Waals surface area contributed by atoms with Gasteiger partial charge in [-0.1, -0.05) is 41.5 Å². The molecular weight excluding hydrogens is 1410 g/mol. The molecule has 610 valence electrons. The van der Waals surface area contributed by atoms with E-state index in [2.05, 4.69) is 9.47 Å². The summed E-state index contributed by atoms with van der Waals surface area (Å²) in [5.74, 6) is -11.4. The van der Waals surface area contributed by atoms with Crippen LogP contribution in [-0.4, -0.2) is 199 Å². The Hall–Kier alpha value is -5.57. The molecule has 4 rings (SSSR count). The van der Waals surface area contributed by atoms with Gasteiger partial charge in [-0.2, -0.15) is 39.8 Å². The maximum absolute atomic E-state index is 14.0. The summed E-state index contributed by atoms with van der Waals surface area (Å²) in [6.07, 6.45) is -0.758. The number of nitrogens with zero attached hydrogens (tertiary/aromatic N) is 3. The number of esters is 5. The molecule has 3 amide bonds. The van der Waals surface area contributed by atoms with E-state index in [9.17, 15) is 87.0 Å². The van der Waals surface area contributed by atoms with E-state index < -0.39 is 114 Å². The number of rotatable bonds is 22. The lowest BCUT2D eigenvalue weighted by Gasteiger charge is -2.37. The molecule has 104 heavy (non-hydrogen) atoms. The second-order valence-corrected chi connectivity index (χ2v) is 35.1. The van der Waals surface area contributed by atoms with Crippen molar-refractivity contribution in [3.8, 4) is 0 Å². The number of amides is 3. The largest absolute Gasteiger partial charge is 0.511 e. The molecule has 24 nitrogen and oxygen atoms in total. The summed E-state index contributed by atoms with van der Waals surface area (Å²) in [6, 6.07) is 0. The highest BCUT2D eigenvalue weighted by molar-refractivity contribution is 7.90. The zero-order valence-electron chi connectivity index (χ0n) is 66.6. The number of carbonyl (C=O) groups excluding carboxylic acids is 8. The molecule has 0 radical (unpaired) electrons. The second kappa shape index (κ2) is 37.5. The fourth-order valence-corrected chi connectivity index (χ4v) is 9.37. The third-order valence-corrected chi connectivity index (χ3v) is 19.9. The summed E-state index contributed by atoms with van der Waals surface area (Å²) >= 11 is 0. The highest BCUT2D eigenvalue weighted by Crippen LogP contribution is 2.55. The molecule has 0 aromatic heterocycles. The number of ether oxygens (including phenoxy) is 9. The summed E-state index contributed by atoms with van der Waals surface area (Å²) in [6.45, 7) is 49.0. The molecule has 0 aliphatic carbocycles. The molecule has 33 heteroatoms. The highest BCUT2D eigenvalue weighted by Gasteiger charge is 2.83. The molecule has 4 heterocycles. The fourth-order valence-electron chi connectivity index (χ4n) is 8.47. The van der Waals surface area contributed by atoms with E-state index >= 15 is 0 Å². The summed E-state index contributed by atoms with van der Waals surface area (Å²) < 4.78 is 172. The lowest BCUT2D eigenvalue weighted by molar-refractivity contribution is -0.409. The molecule has 0 bridgehead atoms. The zero-order valence-corrected chi connectivity index (χ0v) is 67.5. The number of hydrogen-bond acceptors (Lipinski definition) is 20. The van der Waals surface area contributed by atoms with Gasteiger partial charge in [-0.15, -0.1) is 0 Å². The highest BCUT2D eigenvalue weighted by atomic mass is 32.2. The molecule has 4 aliphatic heterocycles. The van der Waals surface area contributed by atoms with Crippen molar-refractivity contribution >= 4 is 58.1 Å². The Bertz CT molecular complexity index is 2960. The van der Waals surface area contributed by atoms with Gasteiger partial charge >= 0.3 is 81.5 Å². The van der Waals surface area contributed by atoms with Crippen molar-refractivity contribution in [3.05, 3.63) is 0 Å². The number of alkyl halides is 8. The zero-order chi connectivity index (χ0) is 82.1. The average Bonchev–Trinajstić information content (AvgIpc) is 1.55. The lowest BCUT2D eigenvalue weighted by atomic mass is 9.89. The van der Waals surface area contributed by atoms with Gasteiger partial charge in [0.15, 0.2) is 0 Å². The van der Waals surface area contributed by atoms with E-state index in [-0.39, 0.29) is 60.5 Å². The number of hydrogen-bond donors (Lipinski definition) is 2. The van der Waals surface area contributed by atoms with Gasteiger partial charge in [0.2, 0.25) is 5.60 Å². The van der Waals surface area contributed by atoms with Crippen molar-refractivity contribution in [3.63, 3.8) is 0 Å². The van der Waals surface area contributed by atoms with Crippen LogP contribution in [0.1, 0.15) is 245 Å². The Morgan fingerprint density at radius 3 is 1.16 bits per heavy atom. The SMILES string of the molecule is CCC(C)(C)C(=O)OC1(C)COC(O)(C(F)(F)F)C1(F)F.CCC(C)(C)C(=O)OC1CCN(C(=O)OC(C)(C)C)C1.CCC(C)(C)C(=O)OCC(C)(C)NS(=O)(=O)C(F)(F)F.CCC(C)(C)C(=O)OCC1CCN(C(=O)OC(C)(C)C)C1.CCC(C)(C)OC(=O)N1CCC(COC(=O)C(C)(C)CC)C1. The van der Waals surface area contributed by atoms with Crippen LogP contribution in [0.2, 0.25) is 0 Å². The van der Waals surface area contributed by atoms with Crippen molar-refractivity contribution in [2.45, 2.75) is 302 Å². The van der Waals surface area contributed by atoms with Crippen molar-refractivity contribution in [1.29, 1.82) is 0 Å². The minimum absolute atomic E-state index is 0.164. The van der Waals surface area contributed by atoms with Crippen molar-refractivity contribution < 1.29 is 130 Å². The van der Waals surface area contributed by atoms with Gasteiger partial charge < -0.3 is 62.4 Å². The average molecular weight is 1540 g/mol. The van der Waals surface area contributed by atoms with Gasteiger partial charge in [0.25, 0.3) is 0 Å². The maximum Gasteiger partial charge on any atom is 0.511 e. The molecule has 4 fully saturated rings. The Labute approximate surface area is 611 Å². The number of aliphatic hydroxyl groups is 1. The van der Waals surface area contributed by atoms with Crippen LogP contribution in [0, 0.1) is 38.9 Å². The monoisotopic (exact) mass is 1540 g/mol. The molecule has 0 saturated carbocycles. The number of carbonyl (C=O) groups is 8. The van der Waals surface area contributed by atoms with Crippen LogP contribution >= 0.6 is 0 Å². The van der Waals surface area contributed by atoms with Crippen molar-refractivity contribution in [2.75, 3.05) is 65.7 Å². The van der Waals surface area contributed by atoms with E-state index in [4.69, 9.17) is 33.2 Å². The van der Waals surface area contributed by atoms with Crippen LogP contribution in [-0.2, 0) is 76.6 Å². The number of halogens is 8. The van der Waals surface area contributed by atoms with Crippen LogP contribution in [0.25, 0.3) is 0 Å². The molecule has 4 saturated heterocycles. The van der Waals surface area contributed by atoms with Crippen LogP contribution < -0.4 is 4.72 Å². The first-order chi connectivity index (χ1) is 46.5. The standard InChI is InChI=1S/C17H31NO4.C16H29NO4.C15H27NO4.C12H17F5O4.C11H20F3NO4S/c1-7-16(3,4)14(19)21-12-13-9-10-18(11-13)15(20)22-17(5,6)8-2;1-7-16(5,6)13(18)20-11-12-8-9-17(10-12)14(19)21-15(2,3)4;1-7-15(5,6)12(17)19-11-8-9-16(10-11)13(18)20-14(2,3)4;1-5-8(2,3)7(18)21-9(4)6-20-11(19,10(9,13)14)12(15,16)17;1-6-9(2,3)8(16)19-7-10(4,5)15-20(17,18)11(12,13)14/h13H,7-12H2,1-6H3;12H,7-11H2,1-6H3;11H,7-10H2,1-6H3;19H,5-6H2,1-4H3;15H,6-7H2,1-5H3. The quantitative estimate of drug-likeness (QED) is 0.0578. The third-order valence-electron chi connectivity index (χ3n) is 18.5. The molecule has 5 unspecified atom stereocenters.